The molecule has 2 heteroatoms. The van der Waals surface area contributed by atoms with Crippen LogP contribution in [0.15, 0.2) is 18.2 Å². The molecule has 0 saturated carbocycles. The second-order valence-corrected chi connectivity index (χ2v) is 4.36. The first-order chi connectivity index (χ1) is 6.42. The summed E-state index contributed by atoms with van der Waals surface area (Å²) in [6, 6.07) is 5.46. The Morgan fingerprint density at radius 2 is 1.93 bits per heavy atom. The molecular formula is C12H18O2. The Morgan fingerprint density at radius 1 is 1.29 bits per heavy atom. The molecule has 14 heavy (non-hydrogen) atoms. The van der Waals surface area contributed by atoms with E-state index in [-0.39, 0.29) is 5.60 Å². The third kappa shape index (κ3) is 2.95. The third-order valence-corrected chi connectivity index (χ3v) is 1.86. The number of ether oxygens (including phenoxy) is 1. The molecule has 0 amide bonds. The minimum atomic E-state index is -0.222. The van der Waals surface area contributed by atoms with Gasteiger partial charge in [0, 0.05) is 6.07 Å². The molecule has 0 aliphatic rings. The van der Waals surface area contributed by atoms with E-state index in [4.69, 9.17) is 4.74 Å². The van der Waals surface area contributed by atoms with Crippen molar-refractivity contribution in [2.75, 3.05) is 0 Å². The number of phenolic OH excluding ortho intramolecular Hbond substituents is 1. The molecule has 0 atom stereocenters. The molecule has 1 N–H and O–H groups in total. The van der Waals surface area contributed by atoms with Crippen LogP contribution in [0.4, 0.5) is 0 Å². The molecule has 0 spiro atoms. The zero-order valence-corrected chi connectivity index (χ0v) is 9.29. The summed E-state index contributed by atoms with van der Waals surface area (Å²) in [6.45, 7) is 7.96. The number of aryl methyl sites for hydroxylation is 1. The van der Waals surface area contributed by atoms with Crippen molar-refractivity contribution in [3.8, 4) is 11.5 Å². The van der Waals surface area contributed by atoms with E-state index in [0.717, 1.165) is 12.0 Å². The molecule has 0 heterocycles. The molecule has 2 nitrogen and oxygen atoms in total. The normalized spacial score (nSPS) is 11.4. The molecule has 1 aromatic carbocycles. The van der Waals surface area contributed by atoms with Crippen molar-refractivity contribution in [2.45, 2.75) is 39.7 Å². The quantitative estimate of drug-likeness (QED) is 0.783. The average molecular weight is 194 g/mol. The van der Waals surface area contributed by atoms with E-state index < -0.39 is 0 Å². The fourth-order valence-corrected chi connectivity index (χ4v) is 1.26. The average Bonchev–Trinajstić information content (AvgIpc) is 2.01. The summed E-state index contributed by atoms with van der Waals surface area (Å²) in [7, 11) is 0. The smallest absolute Gasteiger partial charge is 0.123 e. The molecule has 0 fully saturated rings. The highest BCUT2D eigenvalue weighted by Crippen LogP contribution is 2.26. The Kier molecular flexibility index (Phi) is 3.04. The van der Waals surface area contributed by atoms with Crippen LogP contribution in [-0.4, -0.2) is 10.7 Å². The maximum atomic E-state index is 9.61. The van der Waals surface area contributed by atoms with Gasteiger partial charge in [-0.15, -0.1) is 0 Å². The van der Waals surface area contributed by atoms with Gasteiger partial charge >= 0.3 is 0 Å². The van der Waals surface area contributed by atoms with Gasteiger partial charge in [-0.2, -0.15) is 0 Å². The van der Waals surface area contributed by atoms with Gasteiger partial charge in [-0.1, -0.05) is 13.0 Å². The lowest BCUT2D eigenvalue weighted by Gasteiger charge is -2.21. The van der Waals surface area contributed by atoms with Gasteiger partial charge < -0.3 is 9.84 Å². The monoisotopic (exact) mass is 194 g/mol. The summed E-state index contributed by atoms with van der Waals surface area (Å²) in [5.74, 6) is 1.03. The predicted octanol–water partition coefficient (Wildman–Crippen LogP) is 3.13. The SMILES string of the molecule is CCc1ccc(OC(C)(C)C)cc1O. The highest BCUT2D eigenvalue weighted by atomic mass is 16.5. The maximum absolute atomic E-state index is 9.61. The molecule has 0 saturated heterocycles. The number of rotatable bonds is 2. The highest BCUT2D eigenvalue weighted by molar-refractivity contribution is 5.39. The highest BCUT2D eigenvalue weighted by Gasteiger charge is 2.12. The van der Waals surface area contributed by atoms with Crippen molar-refractivity contribution in [2.24, 2.45) is 0 Å². The fourth-order valence-electron chi connectivity index (χ4n) is 1.26. The molecule has 1 rings (SSSR count). The van der Waals surface area contributed by atoms with Crippen molar-refractivity contribution in [3.05, 3.63) is 23.8 Å². The topological polar surface area (TPSA) is 29.5 Å². The Labute approximate surface area is 85.5 Å². The zero-order chi connectivity index (χ0) is 10.8. The Bertz CT molecular complexity index is 311. The predicted molar refractivity (Wildman–Crippen MR) is 57.9 cm³/mol. The lowest BCUT2D eigenvalue weighted by atomic mass is 10.1. The van der Waals surface area contributed by atoms with E-state index in [0.29, 0.717) is 11.5 Å². The first-order valence-corrected chi connectivity index (χ1v) is 4.93. The molecule has 78 valence electrons. The van der Waals surface area contributed by atoms with Gasteiger partial charge in [-0.05, 0) is 38.8 Å². The second-order valence-electron chi connectivity index (χ2n) is 4.36. The van der Waals surface area contributed by atoms with Crippen molar-refractivity contribution >= 4 is 0 Å². The van der Waals surface area contributed by atoms with Crippen LogP contribution in [0.25, 0.3) is 0 Å². The summed E-state index contributed by atoms with van der Waals surface area (Å²) in [5.41, 5.74) is 0.728. The number of hydrogen-bond donors (Lipinski definition) is 1. The van der Waals surface area contributed by atoms with Gasteiger partial charge in [0.05, 0.1) is 0 Å². The summed E-state index contributed by atoms with van der Waals surface area (Å²) in [5, 5.41) is 9.61. The largest absolute Gasteiger partial charge is 0.508 e. The molecule has 0 aliphatic carbocycles. The second kappa shape index (κ2) is 3.91. The van der Waals surface area contributed by atoms with Crippen molar-refractivity contribution in [1.82, 2.24) is 0 Å². The summed E-state index contributed by atoms with van der Waals surface area (Å²) in [4.78, 5) is 0. The lowest BCUT2D eigenvalue weighted by molar-refractivity contribution is 0.130. The van der Waals surface area contributed by atoms with Gasteiger partial charge in [0.25, 0.3) is 0 Å². The summed E-state index contributed by atoms with van der Waals surface area (Å²) in [6.07, 6.45) is 0.835. The number of hydrogen-bond acceptors (Lipinski definition) is 2. The van der Waals surface area contributed by atoms with E-state index >= 15 is 0 Å². The molecule has 0 radical (unpaired) electrons. The van der Waals surface area contributed by atoms with E-state index in [2.05, 4.69) is 0 Å². The van der Waals surface area contributed by atoms with Crippen LogP contribution in [0, 0.1) is 0 Å². The van der Waals surface area contributed by atoms with Crippen LogP contribution in [0.3, 0.4) is 0 Å². The van der Waals surface area contributed by atoms with Crippen LogP contribution in [0.2, 0.25) is 0 Å². The Morgan fingerprint density at radius 3 is 2.36 bits per heavy atom. The van der Waals surface area contributed by atoms with Crippen molar-refractivity contribution in [3.63, 3.8) is 0 Å². The first kappa shape index (κ1) is 10.9. The van der Waals surface area contributed by atoms with E-state index in [1.807, 2.05) is 39.8 Å². The van der Waals surface area contributed by atoms with Crippen LogP contribution in [-0.2, 0) is 6.42 Å². The van der Waals surface area contributed by atoms with E-state index in [9.17, 15) is 5.11 Å². The van der Waals surface area contributed by atoms with Crippen LogP contribution >= 0.6 is 0 Å². The third-order valence-electron chi connectivity index (χ3n) is 1.86. The molecule has 0 bridgehead atoms. The Balaban J connectivity index is 2.87. The summed E-state index contributed by atoms with van der Waals surface area (Å²) >= 11 is 0. The zero-order valence-electron chi connectivity index (χ0n) is 9.29. The number of phenols is 1. The van der Waals surface area contributed by atoms with E-state index in [1.54, 1.807) is 6.07 Å². The van der Waals surface area contributed by atoms with Gasteiger partial charge in [-0.3, -0.25) is 0 Å². The first-order valence-electron chi connectivity index (χ1n) is 4.93. The van der Waals surface area contributed by atoms with Crippen molar-refractivity contribution in [1.29, 1.82) is 0 Å². The van der Waals surface area contributed by atoms with Crippen LogP contribution in [0.5, 0.6) is 11.5 Å². The minimum absolute atomic E-state index is 0.222. The minimum Gasteiger partial charge on any atom is -0.508 e. The van der Waals surface area contributed by atoms with E-state index in [1.165, 1.54) is 0 Å². The standard InChI is InChI=1S/C12H18O2/c1-5-9-6-7-10(8-11(9)13)14-12(2,3)4/h6-8,13H,5H2,1-4H3. The maximum Gasteiger partial charge on any atom is 0.123 e. The molecule has 0 aromatic heterocycles. The Hall–Kier alpha value is -1.18. The van der Waals surface area contributed by atoms with Crippen LogP contribution in [0.1, 0.15) is 33.3 Å². The van der Waals surface area contributed by atoms with Crippen molar-refractivity contribution < 1.29 is 9.84 Å². The molecular weight excluding hydrogens is 176 g/mol. The summed E-state index contributed by atoms with van der Waals surface area (Å²) < 4.78 is 5.62. The molecule has 1 aromatic rings. The van der Waals surface area contributed by atoms with Gasteiger partial charge in [0.15, 0.2) is 0 Å². The van der Waals surface area contributed by atoms with Gasteiger partial charge in [-0.25, -0.2) is 0 Å². The van der Waals surface area contributed by atoms with Crippen LogP contribution < -0.4 is 4.74 Å². The number of benzene rings is 1. The molecule has 0 unspecified atom stereocenters. The van der Waals surface area contributed by atoms with Gasteiger partial charge in [0.1, 0.15) is 17.1 Å². The molecule has 0 aliphatic heterocycles. The fraction of sp³-hybridized carbons (Fsp3) is 0.500. The van der Waals surface area contributed by atoms with Gasteiger partial charge in [0.2, 0.25) is 0 Å². The number of aromatic hydroxyl groups is 1. The lowest BCUT2D eigenvalue weighted by Crippen LogP contribution is -2.22.